The van der Waals surface area contributed by atoms with Crippen molar-refractivity contribution in [2.75, 3.05) is 51.2 Å². The van der Waals surface area contributed by atoms with Gasteiger partial charge in [-0.3, -0.25) is 9.79 Å². The molecule has 1 saturated heterocycles. The topological polar surface area (TPSA) is 72.9 Å². The molecule has 1 aromatic heterocycles. The average molecular weight is 380 g/mol. The summed E-state index contributed by atoms with van der Waals surface area (Å²) in [6, 6.07) is 16.1. The number of aliphatic imine (C=N–C) groups is 1. The zero-order valence-electron chi connectivity index (χ0n) is 16.3. The first kappa shape index (κ1) is 19.7. The zero-order valence-corrected chi connectivity index (χ0v) is 16.3. The Labute approximate surface area is 166 Å². The molecule has 0 radical (unpaired) electrons. The van der Waals surface area contributed by atoms with Crippen molar-refractivity contribution in [3.63, 3.8) is 0 Å². The van der Waals surface area contributed by atoms with E-state index < -0.39 is 0 Å². The Morgan fingerprint density at radius 2 is 1.79 bits per heavy atom. The first-order valence-electron chi connectivity index (χ1n) is 9.68. The number of aromatic nitrogens is 1. The third-order valence-corrected chi connectivity index (χ3v) is 4.75. The Morgan fingerprint density at radius 3 is 2.46 bits per heavy atom. The molecule has 2 heterocycles. The number of anilines is 1. The standard InChI is InChI=1S/C21H28N6O/c1-22-21(25-17-20(28)24-12-10-18-7-3-2-4-8-18)27-15-13-26(14-16-27)19-9-5-6-11-23-19/h2-9,11H,10,12-17H2,1H3,(H,22,25)(H,24,28). The number of piperazine rings is 1. The summed E-state index contributed by atoms with van der Waals surface area (Å²) in [6.45, 7) is 4.29. The highest BCUT2D eigenvalue weighted by Gasteiger charge is 2.20. The van der Waals surface area contributed by atoms with Gasteiger partial charge in [-0.2, -0.15) is 0 Å². The van der Waals surface area contributed by atoms with Crippen LogP contribution in [-0.2, 0) is 11.2 Å². The molecule has 7 nitrogen and oxygen atoms in total. The van der Waals surface area contributed by atoms with Crippen molar-refractivity contribution in [1.82, 2.24) is 20.5 Å². The molecule has 0 bridgehead atoms. The van der Waals surface area contributed by atoms with Crippen LogP contribution >= 0.6 is 0 Å². The number of benzene rings is 1. The molecule has 1 amide bonds. The molecule has 1 fully saturated rings. The molecule has 7 heteroatoms. The zero-order chi connectivity index (χ0) is 19.6. The van der Waals surface area contributed by atoms with Gasteiger partial charge < -0.3 is 20.4 Å². The van der Waals surface area contributed by atoms with Gasteiger partial charge in [0.25, 0.3) is 0 Å². The predicted molar refractivity (Wildman–Crippen MR) is 113 cm³/mol. The van der Waals surface area contributed by atoms with Gasteiger partial charge in [0.2, 0.25) is 5.91 Å². The second-order valence-corrected chi connectivity index (χ2v) is 6.65. The highest BCUT2D eigenvalue weighted by Crippen LogP contribution is 2.12. The van der Waals surface area contributed by atoms with E-state index in [1.54, 1.807) is 7.05 Å². The molecule has 1 aliphatic heterocycles. The molecular weight excluding hydrogens is 352 g/mol. The quantitative estimate of drug-likeness (QED) is 0.581. The maximum Gasteiger partial charge on any atom is 0.239 e. The summed E-state index contributed by atoms with van der Waals surface area (Å²) in [5.41, 5.74) is 1.22. The van der Waals surface area contributed by atoms with Gasteiger partial charge >= 0.3 is 0 Å². The van der Waals surface area contributed by atoms with Crippen molar-refractivity contribution in [1.29, 1.82) is 0 Å². The van der Waals surface area contributed by atoms with Crippen LogP contribution in [0.2, 0.25) is 0 Å². The largest absolute Gasteiger partial charge is 0.354 e. The van der Waals surface area contributed by atoms with Crippen LogP contribution < -0.4 is 15.5 Å². The molecule has 2 aromatic rings. The first-order valence-corrected chi connectivity index (χ1v) is 9.68. The molecule has 148 valence electrons. The van der Waals surface area contributed by atoms with Crippen molar-refractivity contribution in [3.8, 4) is 0 Å². The van der Waals surface area contributed by atoms with Gasteiger partial charge in [-0.05, 0) is 24.1 Å². The second-order valence-electron chi connectivity index (χ2n) is 6.65. The number of pyridine rings is 1. The summed E-state index contributed by atoms with van der Waals surface area (Å²) in [5.74, 6) is 1.74. The SMILES string of the molecule is CN=C(NCC(=O)NCCc1ccccc1)N1CCN(c2ccccn2)CC1. The van der Waals surface area contributed by atoms with E-state index in [0.717, 1.165) is 44.4 Å². The van der Waals surface area contributed by atoms with Gasteiger partial charge in [-0.1, -0.05) is 36.4 Å². The Bertz CT molecular complexity index is 757. The third-order valence-electron chi connectivity index (χ3n) is 4.75. The molecule has 1 aliphatic rings. The van der Waals surface area contributed by atoms with Crippen molar-refractivity contribution in [2.45, 2.75) is 6.42 Å². The van der Waals surface area contributed by atoms with Crippen LogP contribution in [0.1, 0.15) is 5.56 Å². The maximum atomic E-state index is 12.1. The summed E-state index contributed by atoms with van der Waals surface area (Å²) in [5, 5.41) is 6.12. The molecule has 0 spiro atoms. The molecule has 0 saturated carbocycles. The molecule has 28 heavy (non-hydrogen) atoms. The highest BCUT2D eigenvalue weighted by molar-refractivity contribution is 5.86. The number of hydrogen-bond acceptors (Lipinski definition) is 4. The number of amides is 1. The predicted octanol–water partition coefficient (Wildman–Crippen LogP) is 1.14. The minimum atomic E-state index is -0.0239. The lowest BCUT2D eigenvalue weighted by Crippen LogP contribution is -2.53. The Kier molecular flexibility index (Phi) is 7.23. The molecule has 0 aliphatic carbocycles. The number of nitrogens with zero attached hydrogens (tertiary/aromatic N) is 4. The van der Waals surface area contributed by atoms with Crippen molar-refractivity contribution in [2.24, 2.45) is 4.99 Å². The molecule has 3 rings (SSSR count). The van der Waals surface area contributed by atoms with Gasteiger partial charge in [0.15, 0.2) is 5.96 Å². The van der Waals surface area contributed by atoms with Crippen LogP contribution in [0.15, 0.2) is 59.7 Å². The minimum absolute atomic E-state index is 0.0239. The number of hydrogen-bond donors (Lipinski definition) is 2. The normalized spacial score (nSPS) is 14.7. The first-order chi connectivity index (χ1) is 13.8. The number of carbonyl (C=O) groups excluding carboxylic acids is 1. The van der Waals surface area contributed by atoms with Gasteiger partial charge in [-0.25, -0.2) is 4.98 Å². The third kappa shape index (κ3) is 5.70. The summed E-state index contributed by atoms with van der Waals surface area (Å²) < 4.78 is 0. The van der Waals surface area contributed by atoms with Gasteiger partial charge in [-0.15, -0.1) is 0 Å². The molecule has 1 aromatic carbocycles. The van der Waals surface area contributed by atoms with Crippen molar-refractivity contribution < 1.29 is 4.79 Å². The number of guanidine groups is 1. The van der Waals surface area contributed by atoms with Crippen LogP contribution in [0, 0.1) is 0 Å². The fraction of sp³-hybridized carbons (Fsp3) is 0.381. The lowest BCUT2D eigenvalue weighted by Gasteiger charge is -2.37. The second kappa shape index (κ2) is 10.3. The van der Waals surface area contributed by atoms with Crippen molar-refractivity contribution >= 4 is 17.7 Å². The van der Waals surface area contributed by atoms with Crippen LogP contribution in [0.3, 0.4) is 0 Å². The summed E-state index contributed by atoms with van der Waals surface area (Å²) in [6.07, 6.45) is 2.65. The monoisotopic (exact) mass is 380 g/mol. The van der Waals surface area contributed by atoms with Gasteiger partial charge in [0, 0.05) is 46.0 Å². The lowest BCUT2D eigenvalue weighted by molar-refractivity contribution is -0.120. The lowest BCUT2D eigenvalue weighted by atomic mass is 10.1. The number of carbonyl (C=O) groups is 1. The summed E-state index contributed by atoms with van der Waals surface area (Å²) >= 11 is 0. The minimum Gasteiger partial charge on any atom is -0.354 e. The van der Waals surface area contributed by atoms with E-state index in [9.17, 15) is 4.79 Å². The summed E-state index contributed by atoms with van der Waals surface area (Å²) in [7, 11) is 1.75. The van der Waals surface area contributed by atoms with Crippen LogP contribution in [0.5, 0.6) is 0 Å². The van der Waals surface area contributed by atoms with Crippen LogP contribution in [0.4, 0.5) is 5.82 Å². The Morgan fingerprint density at radius 1 is 1.04 bits per heavy atom. The molecular formula is C21H28N6O. The van der Waals surface area contributed by atoms with Crippen LogP contribution in [-0.4, -0.2) is 68.1 Å². The van der Waals surface area contributed by atoms with Gasteiger partial charge in [0.1, 0.15) is 5.82 Å². The van der Waals surface area contributed by atoms with E-state index in [2.05, 4.69) is 42.5 Å². The smallest absolute Gasteiger partial charge is 0.239 e. The van der Waals surface area contributed by atoms with E-state index in [1.807, 2.05) is 42.6 Å². The average Bonchev–Trinajstić information content (AvgIpc) is 2.76. The fourth-order valence-electron chi connectivity index (χ4n) is 3.23. The van der Waals surface area contributed by atoms with E-state index in [1.165, 1.54) is 5.56 Å². The molecule has 0 unspecified atom stereocenters. The number of nitrogens with one attached hydrogen (secondary N) is 2. The van der Waals surface area contributed by atoms with E-state index >= 15 is 0 Å². The van der Waals surface area contributed by atoms with Crippen molar-refractivity contribution in [3.05, 3.63) is 60.3 Å². The fourth-order valence-corrected chi connectivity index (χ4v) is 3.23. The van der Waals surface area contributed by atoms with E-state index in [4.69, 9.17) is 0 Å². The Balaban J connectivity index is 1.38. The molecule has 0 atom stereocenters. The van der Waals surface area contributed by atoms with Crippen LogP contribution in [0.25, 0.3) is 0 Å². The Hall–Kier alpha value is -3.09. The van der Waals surface area contributed by atoms with E-state index in [0.29, 0.717) is 6.54 Å². The highest BCUT2D eigenvalue weighted by atomic mass is 16.1. The van der Waals surface area contributed by atoms with E-state index in [-0.39, 0.29) is 12.5 Å². The summed E-state index contributed by atoms with van der Waals surface area (Å²) in [4.78, 5) is 25.3. The molecule has 2 N–H and O–H groups in total. The maximum absolute atomic E-state index is 12.1. The van der Waals surface area contributed by atoms with Gasteiger partial charge in [0.05, 0.1) is 6.54 Å². The number of rotatable bonds is 6.